The Hall–Kier alpha value is -2.25. The van der Waals surface area contributed by atoms with Gasteiger partial charge in [0.15, 0.2) is 0 Å². The van der Waals surface area contributed by atoms with Crippen molar-refractivity contribution < 1.29 is 14.3 Å². The van der Waals surface area contributed by atoms with Gasteiger partial charge in [0.2, 0.25) is 0 Å². The molecule has 0 aliphatic carbocycles. The molecule has 1 amide bonds. The molecule has 6 nitrogen and oxygen atoms in total. The molecular formula is C20H27FN4O2. The van der Waals surface area contributed by atoms with E-state index in [4.69, 9.17) is 0 Å². The van der Waals surface area contributed by atoms with Crippen LogP contribution in [0, 0.1) is 12.7 Å². The number of hydrogen-bond donors (Lipinski definition) is 2. The van der Waals surface area contributed by atoms with Crippen LogP contribution in [0.15, 0.2) is 30.5 Å². The second-order valence-electron chi connectivity index (χ2n) is 7.40. The van der Waals surface area contributed by atoms with Crippen LogP contribution in [0.1, 0.15) is 40.9 Å². The van der Waals surface area contributed by atoms with Gasteiger partial charge in [0.05, 0.1) is 17.4 Å². The molecule has 0 bridgehead atoms. The first-order valence-electron chi connectivity index (χ1n) is 9.33. The van der Waals surface area contributed by atoms with Crippen LogP contribution in [0.3, 0.4) is 0 Å². The Balaban J connectivity index is 1.55. The molecule has 27 heavy (non-hydrogen) atoms. The standard InChI is InChI=1S/C20H27FN4O2/c1-15-16(12-23-24(15)2)13-25-10-5-8-20(27,9-11-25)14-22-19(26)17-6-3-4-7-18(17)21/h3-4,6-7,12,27H,5,8-11,13-14H2,1-2H3,(H,22,26). The molecule has 1 aromatic carbocycles. The summed E-state index contributed by atoms with van der Waals surface area (Å²) >= 11 is 0. The van der Waals surface area contributed by atoms with Crippen molar-refractivity contribution in [2.24, 2.45) is 7.05 Å². The molecule has 146 valence electrons. The second kappa shape index (κ2) is 8.19. The lowest BCUT2D eigenvalue weighted by molar-refractivity contribution is 0.0248. The molecule has 0 radical (unpaired) electrons. The number of halogens is 1. The third-order valence-corrected chi connectivity index (χ3v) is 5.44. The first-order chi connectivity index (χ1) is 12.9. The number of nitrogens with zero attached hydrogens (tertiary/aromatic N) is 3. The highest BCUT2D eigenvalue weighted by Crippen LogP contribution is 2.23. The van der Waals surface area contributed by atoms with Gasteiger partial charge in [0.25, 0.3) is 5.91 Å². The molecule has 1 aliphatic rings. The number of amides is 1. The zero-order chi connectivity index (χ0) is 19.4. The molecule has 7 heteroatoms. The van der Waals surface area contributed by atoms with Gasteiger partial charge in [0.1, 0.15) is 5.82 Å². The number of likely N-dealkylation sites (tertiary alicyclic amines) is 1. The second-order valence-corrected chi connectivity index (χ2v) is 7.40. The Kier molecular flexibility index (Phi) is 5.92. The molecular weight excluding hydrogens is 347 g/mol. The smallest absolute Gasteiger partial charge is 0.254 e. The lowest BCUT2D eigenvalue weighted by Crippen LogP contribution is -2.43. The molecule has 3 rings (SSSR count). The number of hydrogen-bond acceptors (Lipinski definition) is 4. The van der Waals surface area contributed by atoms with Crippen molar-refractivity contribution in [3.8, 4) is 0 Å². The number of nitrogens with one attached hydrogen (secondary N) is 1. The zero-order valence-corrected chi connectivity index (χ0v) is 15.9. The SMILES string of the molecule is Cc1c(CN2CCCC(O)(CNC(=O)c3ccccc3F)CC2)cnn1C. The van der Waals surface area contributed by atoms with E-state index in [1.165, 1.54) is 17.7 Å². The van der Waals surface area contributed by atoms with Gasteiger partial charge in [-0.15, -0.1) is 0 Å². The van der Waals surface area contributed by atoms with Gasteiger partial charge in [-0.25, -0.2) is 4.39 Å². The average molecular weight is 374 g/mol. The molecule has 1 fully saturated rings. The number of aliphatic hydroxyl groups is 1. The van der Waals surface area contributed by atoms with E-state index in [9.17, 15) is 14.3 Å². The van der Waals surface area contributed by atoms with Crippen LogP contribution in [0.25, 0.3) is 0 Å². The van der Waals surface area contributed by atoms with E-state index >= 15 is 0 Å². The van der Waals surface area contributed by atoms with Crippen LogP contribution < -0.4 is 5.32 Å². The van der Waals surface area contributed by atoms with E-state index in [1.54, 1.807) is 12.1 Å². The third-order valence-electron chi connectivity index (χ3n) is 5.44. The summed E-state index contributed by atoms with van der Waals surface area (Å²) in [6, 6.07) is 5.87. The molecule has 0 spiro atoms. The van der Waals surface area contributed by atoms with Crippen molar-refractivity contribution in [1.82, 2.24) is 20.0 Å². The summed E-state index contributed by atoms with van der Waals surface area (Å²) in [5.41, 5.74) is 1.37. The highest BCUT2D eigenvalue weighted by atomic mass is 19.1. The van der Waals surface area contributed by atoms with Crippen molar-refractivity contribution in [1.29, 1.82) is 0 Å². The third kappa shape index (κ3) is 4.73. The summed E-state index contributed by atoms with van der Waals surface area (Å²) in [7, 11) is 1.93. The largest absolute Gasteiger partial charge is 0.388 e. The van der Waals surface area contributed by atoms with Gasteiger partial charge >= 0.3 is 0 Å². The minimum absolute atomic E-state index is 0.00315. The number of benzene rings is 1. The van der Waals surface area contributed by atoms with Gasteiger partial charge in [0, 0.05) is 37.9 Å². The number of aryl methyl sites for hydroxylation is 1. The maximum Gasteiger partial charge on any atom is 0.254 e. The summed E-state index contributed by atoms with van der Waals surface area (Å²) in [4.78, 5) is 14.5. The molecule has 1 saturated heterocycles. The number of rotatable bonds is 5. The maximum absolute atomic E-state index is 13.7. The predicted molar refractivity (Wildman–Crippen MR) is 101 cm³/mol. The Labute approximate surface area is 159 Å². The van der Waals surface area contributed by atoms with Gasteiger partial charge in [-0.05, 0) is 44.9 Å². The Bertz CT molecular complexity index is 807. The minimum atomic E-state index is -0.973. The topological polar surface area (TPSA) is 70.4 Å². The van der Waals surface area contributed by atoms with Crippen molar-refractivity contribution in [3.63, 3.8) is 0 Å². The van der Waals surface area contributed by atoms with Crippen LogP contribution in [0.2, 0.25) is 0 Å². The van der Waals surface area contributed by atoms with E-state index in [0.717, 1.165) is 31.7 Å². The fraction of sp³-hybridized carbons (Fsp3) is 0.500. The normalized spacial score (nSPS) is 21.0. The van der Waals surface area contributed by atoms with Gasteiger partial charge in [-0.1, -0.05) is 12.1 Å². The van der Waals surface area contributed by atoms with Crippen molar-refractivity contribution in [3.05, 3.63) is 53.1 Å². The molecule has 1 unspecified atom stereocenters. The predicted octanol–water partition coefficient (Wildman–Crippen LogP) is 2.01. The van der Waals surface area contributed by atoms with Crippen LogP contribution in [0.4, 0.5) is 4.39 Å². The van der Waals surface area contributed by atoms with Gasteiger partial charge in [-0.3, -0.25) is 14.4 Å². The first-order valence-corrected chi connectivity index (χ1v) is 9.33. The average Bonchev–Trinajstić information content (AvgIpc) is 2.85. The van der Waals surface area contributed by atoms with E-state index in [0.29, 0.717) is 12.8 Å². The van der Waals surface area contributed by atoms with Crippen LogP contribution in [0.5, 0.6) is 0 Å². The molecule has 1 aromatic heterocycles. The molecule has 1 atom stereocenters. The van der Waals surface area contributed by atoms with E-state index in [2.05, 4.69) is 22.2 Å². The van der Waals surface area contributed by atoms with Crippen molar-refractivity contribution in [2.75, 3.05) is 19.6 Å². The summed E-state index contributed by atoms with van der Waals surface area (Å²) in [5, 5.41) is 17.9. The molecule has 1 aliphatic heterocycles. The number of carbonyl (C=O) groups is 1. The van der Waals surface area contributed by atoms with Crippen molar-refractivity contribution in [2.45, 2.75) is 38.3 Å². The molecule has 0 saturated carbocycles. The molecule has 2 heterocycles. The fourth-order valence-electron chi connectivity index (χ4n) is 3.50. The molecule has 2 N–H and O–H groups in total. The van der Waals surface area contributed by atoms with Gasteiger partial charge < -0.3 is 10.4 Å². The number of carbonyl (C=O) groups excluding carboxylic acids is 1. The van der Waals surface area contributed by atoms with Gasteiger partial charge in [-0.2, -0.15) is 5.10 Å². The summed E-state index contributed by atoms with van der Waals surface area (Å²) in [6.45, 7) is 4.60. The molecule has 2 aromatic rings. The monoisotopic (exact) mass is 374 g/mol. The summed E-state index contributed by atoms with van der Waals surface area (Å²) < 4.78 is 15.6. The first kappa shape index (κ1) is 19.5. The Morgan fingerprint density at radius 1 is 1.33 bits per heavy atom. The van der Waals surface area contributed by atoms with Crippen molar-refractivity contribution >= 4 is 5.91 Å². The number of aromatic nitrogens is 2. The minimum Gasteiger partial charge on any atom is -0.388 e. The van der Waals surface area contributed by atoms with Crippen LogP contribution in [-0.4, -0.2) is 50.9 Å². The van der Waals surface area contributed by atoms with Crippen LogP contribution >= 0.6 is 0 Å². The van der Waals surface area contributed by atoms with E-state index in [-0.39, 0.29) is 12.1 Å². The van der Waals surface area contributed by atoms with E-state index in [1.807, 2.05) is 17.9 Å². The maximum atomic E-state index is 13.7. The fourth-order valence-corrected chi connectivity index (χ4v) is 3.50. The quantitative estimate of drug-likeness (QED) is 0.840. The summed E-state index contributed by atoms with van der Waals surface area (Å²) in [5.74, 6) is -1.05. The highest BCUT2D eigenvalue weighted by molar-refractivity contribution is 5.94. The Morgan fingerprint density at radius 2 is 2.11 bits per heavy atom. The Morgan fingerprint density at radius 3 is 2.81 bits per heavy atom. The van der Waals surface area contributed by atoms with Crippen LogP contribution in [-0.2, 0) is 13.6 Å². The zero-order valence-electron chi connectivity index (χ0n) is 15.9. The summed E-state index contributed by atoms with van der Waals surface area (Å²) in [6.07, 6.45) is 3.89. The van der Waals surface area contributed by atoms with E-state index < -0.39 is 17.3 Å². The lowest BCUT2D eigenvalue weighted by atomic mass is 9.94. The lowest BCUT2D eigenvalue weighted by Gasteiger charge is -2.27. The highest BCUT2D eigenvalue weighted by Gasteiger charge is 2.31.